The van der Waals surface area contributed by atoms with Crippen molar-refractivity contribution in [3.8, 4) is 5.75 Å². The first-order valence-electron chi connectivity index (χ1n) is 5.59. The molecule has 21 heavy (non-hydrogen) atoms. The first-order chi connectivity index (χ1) is 9.78. The minimum atomic E-state index is -5.61. The summed E-state index contributed by atoms with van der Waals surface area (Å²) in [6.45, 7) is 0. The molecule has 0 radical (unpaired) electrons. The molecular weight excluding hydrogens is 420 g/mol. The van der Waals surface area contributed by atoms with E-state index in [1.165, 1.54) is 12.1 Å². The average molecular weight is 429 g/mol. The van der Waals surface area contributed by atoms with Crippen LogP contribution < -0.4 is 25.4 Å². The molecule has 2 rings (SSSR count). The second kappa shape index (κ2) is 6.22. The maximum absolute atomic E-state index is 12.2. The van der Waals surface area contributed by atoms with Gasteiger partial charge in [-0.05, 0) is 36.4 Å². The van der Waals surface area contributed by atoms with Gasteiger partial charge in [-0.1, -0.05) is 18.2 Å². The van der Waals surface area contributed by atoms with Gasteiger partial charge in [-0.15, -0.1) is 0 Å². The van der Waals surface area contributed by atoms with Gasteiger partial charge in [0.05, 0.1) is 0 Å². The van der Waals surface area contributed by atoms with E-state index in [4.69, 9.17) is 0 Å². The molecule has 0 aliphatic heterocycles. The molecule has 0 heterocycles. The second-order valence-corrected chi connectivity index (χ2v) is 8.40. The van der Waals surface area contributed by atoms with Crippen molar-refractivity contribution in [2.45, 2.75) is 5.51 Å². The molecule has 0 unspecified atom stereocenters. The second-order valence-electron chi connectivity index (χ2n) is 3.83. The zero-order valence-electron chi connectivity index (χ0n) is 10.3. The summed E-state index contributed by atoms with van der Waals surface area (Å²) >= 11 is -0.468. The van der Waals surface area contributed by atoms with Crippen LogP contribution in [0.2, 0.25) is 0 Å². The van der Waals surface area contributed by atoms with E-state index in [1.54, 1.807) is 12.1 Å². The predicted molar refractivity (Wildman–Crippen MR) is 65.9 cm³/mol. The van der Waals surface area contributed by atoms with Gasteiger partial charge in [0.15, 0.2) is 7.14 Å². The number of benzene rings is 2. The van der Waals surface area contributed by atoms with Crippen LogP contribution in [-0.4, -0.2) is 13.9 Å². The lowest BCUT2D eigenvalue weighted by molar-refractivity contribution is -0.597. The third-order valence-corrected chi connectivity index (χ3v) is 5.92. The summed E-state index contributed by atoms with van der Waals surface area (Å²) in [4.78, 5) is 0. The van der Waals surface area contributed by atoms with E-state index in [0.29, 0.717) is 0 Å². The Morgan fingerprint density at radius 2 is 1.38 bits per heavy atom. The van der Waals surface area contributed by atoms with Crippen molar-refractivity contribution in [2.24, 2.45) is 0 Å². The fraction of sp³-hybridized carbons (Fsp3) is 0.0769. The van der Waals surface area contributed by atoms with E-state index >= 15 is 0 Å². The highest BCUT2D eigenvalue weighted by molar-refractivity contribution is 7.87. The Hall–Kier alpha value is -1.29. The van der Waals surface area contributed by atoms with Crippen LogP contribution in [0.25, 0.3) is 0 Å². The normalized spacial score (nSPS) is 12.1. The quantitative estimate of drug-likeness (QED) is 0.392. The molecule has 112 valence electrons. The van der Waals surface area contributed by atoms with Crippen LogP contribution in [0, 0.1) is 7.14 Å². The van der Waals surface area contributed by atoms with Crippen molar-refractivity contribution in [1.29, 1.82) is 0 Å². The van der Waals surface area contributed by atoms with Crippen LogP contribution in [0.4, 0.5) is 13.2 Å². The van der Waals surface area contributed by atoms with Crippen LogP contribution in [0.3, 0.4) is 0 Å². The molecule has 0 bridgehead atoms. The largest absolute Gasteiger partial charge is 0.534 e. The van der Waals surface area contributed by atoms with Crippen LogP contribution in [0.5, 0.6) is 5.75 Å². The van der Waals surface area contributed by atoms with E-state index in [0.717, 1.165) is 7.14 Å². The van der Waals surface area contributed by atoms with Gasteiger partial charge in [-0.3, -0.25) is 0 Å². The molecule has 0 amide bonds. The summed E-state index contributed by atoms with van der Waals surface area (Å²) in [5.41, 5.74) is -5.43. The van der Waals surface area contributed by atoms with Gasteiger partial charge in [0.1, 0.15) is 5.75 Å². The molecule has 8 heteroatoms. The summed E-state index contributed by atoms with van der Waals surface area (Å²) < 4.78 is 64.4. The standard InChI is InChI=1S/C13H9F3IO3S/c14-13(15,16)21(18,19)20-12-8-6-11(7-9-12)17-10-4-2-1-3-5-10/h1-9H/q+1. The van der Waals surface area contributed by atoms with Crippen LogP contribution >= 0.6 is 0 Å². The molecular formula is C13H9F3IO3S+. The van der Waals surface area contributed by atoms with E-state index in [2.05, 4.69) is 4.18 Å². The summed E-state index contributed by atoms with van der Waals surface area (Å²) in [5, 5.41) is 0. The van der Waals surface area contributed by atoms with Gasteiger partial charge in [0.2, 0.25) is 0 Å². The summed E-state index contributed by atoms with van der Waals surface area (Å²) in [6.07, 6.45) is 0. The van der Waals surface area contributed by atoms with Crippen molar-refractivity contribution in [1.82, 2.24) is 0 Å². The lowest BCUT2D eigenvalue weighted by atomic mass is 10.3. The molecule has 0 aromatic heterocycles. The number of rotatable bonds is 4. The van der Waals surface area contributed by atoms with Gasteiger partial charge in [-0.2, -0.15) is 21.6 Å². The van der Waals surface area contributed by atoms with Crippen molar-refractivity contribution in [3.63, 3.8) is 0 Å². The highest BCUT2D eigenvalue weighted by Crippen LogP contribution is 2.26. The first kappa shape index (κ1) is 16.1. The number of hydrogen-bond acceptors (Lipinski definition) is 3. The monoisotopic (exact) mass is 429 g/mol. The molecule has 2 aromatic carbocycles. The van der Waals surface area contributed by atoms with Crippen molar-refractivity contribution >= 4 is 10.1 Å². The molecule has 0 fully saturated rings. The van der Waals surface area contributed by atoms with Gasteiger partial charge in [-0.25, -0.2) is 0 Å². The maximum atomic E-state index is 12.2. The highest BCUT2D eigenvalue weighted by atomic mass is 127. The Morgan fingerprint density at radius 1 is 0.857 bits per heavy atom. The zero-order chi connectivity index (χ0) is 15.5. The Morgan fingerprint density at radius 3 is 1.90 bits per heavy atom. The zero-order valence-corrected chi connectivity index (χ0v) is 13.3. The van der Waals surface area contributed by atoms with Crippen LogP contribution in [0.15, 0.2) is 54.6 Å². The molecule has 0 spiro atoms. The summed E-state index contributed by atoms with van der Waals surface area (Å²) in [5.74, 6) is -0.354. The highest BCUT2D eigenvalue weighted by Gasteiger charge is 2.48. The molecule has 0 aliphatic rings. The Kier molecular flexibility index (Phi) is 4.77. The van der Waals surface area contributed by atoms with E-state index < -0.39 is 36.8 Å². The Labute approximate surface area is 130 Å². The molecule has 0 atom stereocenters. The number of hydrogen-bond donors (Lipinski definition) is 0. The number of alkyl halides is 3. The lowest BCUT2D eigenvalue weighted by Crippen LogP contribution is -3.61. The lowest BCUT2D eigenvalue weighted by Gasteiger charge is -2.08. The molecule has 0 N–H and O–H groups in total. The SMILES string of the molecule is O=S(=O)(Oc1ccc([I+]c2ccccc2)cc1)C(F)(F)F. The smallest absolute Gasteiger partial charge is 0.376 e. The van der Waals surface area contributed by atoms with Crippen molar-refractivity contribution in [2.75, 3.05) is 0 Å². The molecule has 0 aliphatic carbocycles. The van der Waals surface area contributed by atoms with E-state index in [9.17, 15) is 21.6 Å². The topological polar surface area (TPSA) is 43.4 Å². The van der Waals surface area contributed by atoms with Gasteiger partial charge in [0.25, 0.3) is 0 Å². The van der Waals surface area contributed by atoms with E-state index in [1.807, 2.05) is 30.3 Å². The molecule has 0 saturated heterocycles. The minimum Gasteiger partial charge on any atom is -0.376 e. The minimum absolute atomic E-state index is 0.354. The fourth-order valence-electron chi connectivity index (χ4n) is 1.33. The average Bonchev–Trinajstić information content (AvgIpc) is 2.41. The maximum Gasteiger partial charge on any atom is 0.534 e. The van der Waals surface area contributed by atoms with Crippen LogP contribution in [-0.2, 0) is 10.1 Å². The molecule has 0 saturated carbocycles. The Balaban J connectivity index is 2.10. The molecule has 3 nitrogen and oxygen atoms in total. The fourth-order valence-corrected chi connectivity index (χ4v) is 4.00. The van der Waals surface area contributed by atoms with Gasteiger partial charge >= 0.3 is 36.8 Å². The third-order valence-electron chi connectivity index (χ3n) is 2.25. The summed E-state index contributed by atoms with van der Waals surface area (Å²) in [7, 11) is -5.61. The van der Waals surface area contributed by atoms with Gasteiger partial charge in [0, 0.05) is 0 Å². The van der Waals surface area contributed by atoms with Gasteiger partial charge < -0.3 is 4.18 Å². The predicted octanol–water partition coefficient (Wildman–Crippen LogP) is 0.0434. The van der Waals surface area contributed by atoms with E-state index in [-0.39, 0.29) is 5.75 Å². The Bertz CT molecular complexity index is 698. The molecule has 2 aromatic rings. The first-order valence-corrected chi connectivity index (χ1v) is 9.15. The van der Waals surface area contributed by atoms with Crippen molar-refractivity contribution in [3.05, 3.63) is 61.7 Å². The number of halogens is 4. The van der Waals surface area contributed by atoms with Crippen LogP contribution in [0.1, 0.15) is 0 Å². The summed E-state index contributed by atoms with van der Waals surface area (Å²) in [6, 6.07) is 15.2. The van der Waals surface area contributed by atoms with Crippen molar-refractivity contribution < 1.29 is 47.0 Å². The third kappa shape index (κ3) is 4.34.